The molecular formula is C26H32F3NO. The molecule has 1 saturated heterocycles. The van der Waals surface area contributed by atoms with E-state index in [1.54, 1.807) is 19.2 Å². The van der Waals surface area contributed by atoms with E-state index < -0.39 is 11.7 Å². The van der Waals surface area contributed by atoms with Gasteiger partial charge in [-0.05, 0) is 80.9 Å². The highest BCUT2D eigenvalue weighted by atomic mass is 19.4. The number of nitrogens with zero attached hydrogens (tertiary/aromatic N) is 1. The van der Waals surface area contributed by atoms with Gasteiger partial charge in [0.25, 0.3) is 0 Å². The molecule has 0 bridgehead atoms. The molecule has 0 amide bonds. The fourth-order valence-corrected chi connectivity index (χ4v) is 4.46. The molecule has 2 aromatic rings. The van der Waals surface area contributed by atoms with Gasteiger partial charge in [-0.1, -0.05) is 55.1 Å². The van der Waals surface area contributed by atoms with E-state index in [2.05, 4.69) is 35.7 Å². The van der Waals surface area contributed by atoms with Crippen LogP contribution in [-0.4, -0.2) is 32.1 Å². The first-order valence-electron chi connectivity index (χ1n) is 10.9. The molecule has 1 aliphatic heterocycles. The summed E-state index contributed by atoms with van der Waals surface area (Å²) in [5, 5.41) is 0. The molecule has 0 unspecified atom stereocenters. The maximum atomic E-state index is 12.9. The second kappa shape index (κ2) is 10.0. The van der Waals surface area contributed by atoms with Crippen molar-refractivity contribution >= 4 is 6.08 Å². The van der Waals surface area contributed by atoms with E-state index in [0.29, 0.717) is 5.56 Å². The molecule has 5 heteroatoms. The summed E-state index contributed by atoms with van der Waals surface area (Å²) >= 11 is 0. The minimum Gasteiger partial charge on any atom is -0.374 e. The number of piperidine rings is 1. The first-order valence-corrected chi connectivity index (χ1v) is 10.9. The molecule has 2 aromatic carbocycles. The number of hydrogen-bond acceptors (Lipinski definition) is 2. The third-order valence-corrected chi connectivity index (χ3v) is 6.65. The fourth-order valence-electron chi connectivity index (χ4n) is 4.46. The van der Waals surface area contributed by atoms with E-state index in [-0.39, 0.29) is 11.5 Å². The Morgan fingerprint density at radius 2 is 1.65 bits per heavy atom. The van der Waals surface area contributed by atoms with Crippen LogP contribution >= 0.6 is 0 Å². The summed E-state index contributed by atoms with van der Waals surface area (Å²) in [5.41, 5.74) is 2.48. The molecule has 0 radical (unpaired) electrons. The number of likely N-dealkylation sites (tertiary alicyclic amines) is 1. The van der Waals surface area contributed by atoms with Crippen LogP contribution in [0.5, 0.6) is 0 Å². The molecule has 2 aliphatic rings. The number of hydrogen-bond donors (Lipinski definition) is 0. The first-order chi connectivity index (χ1) is 14.8. The SMILES string of the molecule is C=Cc1ccc(C2(OC)CCC2)cc1.CN1CCC(c2ccccc2C(F)(F)F)CC1. The van der Waals surface area contributed by atoms with Crippen LogP contribution in [0.2, 0.25) is 0 Å². The van der Waals surface area contributed by atoms with Crippen molar-refractivity contribution < 1.29 is 17.9 Å². The Morgan fingerprint density at radius 3 is 2.13 bits per heavy atom. The van der Waals surface area contributed by atoms with E-state index in [1.165, 1.54) is 29.7 Å². The molecule has 1 heterocycles. The molecule has 0 atom stereocenters. The lowest BCUT2D eigenvalue weighted by atomic mass is 9.75. The van der Waals surface area contributed by atoms with Gasteiger partial charge in [0.2, 0.25) is 0 Å². The Balaban J connectivity index is 0.000000179. The molecule has 0 aromatic heterocycles. The van der Waals surface area contributed by atoms with Crippen molar-refractivity contribution in [3.05, 3.63) is 77.4 Å². The Bertz CT molecular complexity index is 842. The third-order valence-electron chi connectivity index (χ3n) is 6.65. The first kappa shape index (κ1) is 23.6. The average molecular weight is 432 g/mol. The van der Waals surface area contributed by atoms with Gasteiger partial charge < -0.3 is 9.64 Å². The van der Waals surface area contributed by atoms with E-state index in [1.807, 2.05) is 13.1 Å². The van der Waals surface area contributed by atoms with Crippen molar-refractivity contribution in [1.82, 2.24) is 4.90 Å². The number of alkyl halides is 3. The van der Waals surface area contributed by atoms with E-state index in [4.69, 9.17) is 4.74 Å². The molecule has 2 nitrogen and oxygen atoms in total. The summed E-state index contributed by atoms with van der Waals surface area (Å²) in [5.74, 6) is 0.0454. The van der Waals surface area contributed by atoms with Crippen LogP contribution < -0.4 is 0 Å². The van der Waals surface area contributed by atoms with Crippen molar-refractivity contribution in [2.45, 2.75) is 49.8 Å². The monoisotopic (exact) mass is 431 g/mol. The van der Waals surface area contributed by atoms with E-state index in [0.717, 1.165) is 38.8 Å². The van der Waals surface area contributed by atoms with Crippen LogP contribution in [0.1, 0.15) is 60.3 Å². The largest absolute Gasteiger partial charge is 0.416 e. The van der Waals surface area contributed by atoms with Gasteiger partial charge in [-0.25, -0.2) is 0 Å². The second-order valence-corrected chi connectivity index (χ2v) is 8.54. The molecule has 0 N–H and O–H groups in total. The minimum atomic E-state index is -4.24. The molecule has 4 rings (SSSR count). The van der Waals surface area contributed by atoms with Gasteiger partial charge >= 0.3 is 6.18 Å². The van der Waals surface area contributed by atoms with Gasteiger partial charge in [0.05, 0.1) is 11.2 Å². The Labute approximate surface area is 183 Å². The lowest BCUT2D eigenvalue weighted by molar-refractivity contribution is -0.138. The Kier molecular flexibility index (Phi) is 7.60. The zero-order valence-corrected chi connectivity index (χ0v) is 18.4. The highest BCUT2D eigenvalue weighted by Crippen LogP contribution is 2.44. The van der Waals surface area contributed by atoms with E-state index >= 15 is 0 Å². The minimum absolute atomic E-state index is 0.0136. The summed E-state index contributed by atoms with van der Waals surface area (Å²) < 4.78 is 44.2. The second-order valence-electron chi connectivity index (χ2n) is 8.54. The summed E-state index contributed by atoms with van der Waals surface area (Å²) in [6.07, 6.45) is 2.82. The molecule has 0 spiro atoms. The summed E-state index contributed by atoms with van der Waals surface area (Å²) in [6, 6.07) is 14.5. The molecule has 1 aliphatic carbocycles. The van der Waals surface area contributed by atoms with Crippen LogP contribution in [0, 0.1) is 0 Å². The number of rotatable bonds is 4. The Hall–Kier alpha value is -2.11. The van der Waals surface area contributed by atoms with Gasteiger partial charge in [0.15, 0.2) is 0 Å². The van der Waals surface area contributed by atoms with Crippen LogP contribution in [0.25, 0.3) is 6.08 Å². The van der Waals surface area contributed by atoms with Crippen molar-refractivity contribution in [1.29, 1.82) is 0 Å². The van der Waals surface area contributed by atoms with Gasteiger partial charge in [-0.15, -0.1) is 0 Å². The maximum Gasteiger partial charge on any atom is 0.416 e. The van der Waals surface area contributed by atoms with Gasteiger partial charge in [0, 0.05) is 7.11 Å². The third kappa shape index (κ3) is 5.58. The highest BCUT2D eigenvalue weighted by Gasteiger charge is 2.38. The van der Waals surface area contributed by atoms with Crippen LogP contribution in [0.15, 0.2) is 55.1 Å². The molecule has 31 heavy (non-hydrogen) atoms. The number of benzene rings is 2. The maximum absolute atomic E-state index is 12.9. The predicted molar refractivity (Wildman–Crippen MR) is 120 cm³/mol. The molecular weight excluding hydrogens is 399 g/mol. The average Bonchev–Trinajstić information content (AvgIpc) is 2.74. The fraction of sp³-hybridized carbons (Fsp3) is 0.462. The van der Waals surface area contributed by atoms with Crippen molar-refractivity contribution in [3.8, 4) is 0 Å². The quantitative estimate of drug-likeness (QED) is 0.524. The topological polar surface area (TPSA) is 12.5 Å². The van der Waals surface area contributed by atoms with Crippen LogP contribution in [0.4, 0.5) is 13.2 Å². The molecule has 1 saturated carbocycles. The smallest absolute Gasteiger partial charge is 0.374 e. The van der Waals surface area contributed by atoms with Crippen molar-refractivity contribution in [3.63, 3.8) is 0 Å². The van der Waals surface area contributed by atoms with E-state index in [9.17, 15) is 13.2 Å². The van der Waals surface area contributed by atoms with Crippen LogP contribution in [0.3, 0.4) is 0 Å². The molecule has 2 fully saturated rings. The summed E-state index contributed by atoms with van der Waals surface area (Å²) in [7, 11) is 3.81. The summed E-state index contributed by atoms with van der Waals surface area (Å²) in [6.45, 7) is 5.49. The standard InChI is InChI=1S/C13H16F3N.C13H16O/c1-17-8-6-10(7-9-17)11-4-2-3-5-12(11)13(14,15)16;1-3-11-5-7-12(8-6-11)13(14-2)9-4-10-13/h2-5,10H,6-9H2,1H3;3,5-8H,1,4,9-10H2,2H3. The zero-order valence-electron chi connectivity index (χ0n) is 18.4. The van der Waals surface area contributed by atoms with Crippen molar-refractivity contribution in [2.24, 2.45) is 0 Å². The van der Waals surface area contributed by atoms with Gasteiger partial charge in [-0.3, -0.25) is 0 Å². The highest BCUT2D eigenvalue weighted by molar-refractivity contribution is 5.48. The normalized spacial score (nSPS) is 19.1. The lowest BCUT2D eigenvalue weighted by Crippen LogP contribution is -2.35. The van der Waals surface area contributed by atoms with Gasteiger partial charge in [0.1, 0.15) is 0 Å². The summed E-state index contributed by atoms with van der Waals surface area (Å²) in [4.78, 5) is 2.16. The lowest BCUT2D eigenvalue weighted by Gasteiger charge is -2.41. The van der Waals surface area contributed by atoms with Crippen LogP contribution in [-0.2, 0) is 16.5 Å². The predicted octanol–water partition coefficient (Wildman–Crippen LogP) is 6.87. The zero-order chi connectivity index (χ0) is 22.5. The number of ether oxygens (including phenoxy) is 1. The Morgan fingerprint density at radius 1 is 1.03 bits per heavy atom. The van der Waals surface area contributed by atoms with Crippen molar-refractivity contribution in [2.75, 3.05) is 27.2 Å². The number of methoxy groups -OCH3 is 1. The van der Waals surface area contributed by atoms with Gasteiger partial charge in [-0.2, -0.15) is 13.2 Å². The molecule has 168 valence electrons. The number of halogens is 3.